The highest BCUT2D eigenvalue weighted by molar-refractivity contribution is 5.64. The molecule has 3 rings (SSSR count). The third kappa shape index (κ3) is 3.71. The van der Waals surface area contributed by atoms with Gasteiger partial charge in [0.25, 0.3) is 0 Å². The zero-order valence-corrected chi connectivity index (χ0v) is 13.3. The number of aromatic nitrogens is 1. The maximum absolute atomic E-state index is 9.00. The summed E-state index contributed by atoms with van der Waals surface area (Å²) < 4.78 is 0. The lowest BCUT2D eigenvalue weighted by Gasteiger charge is -2.25. The number of hydrogen-bond acceptors (Lipinski definition) is 4. The van der Waals surface area contributed by atoms with E-state index in [4.69, 9.17) is 11.0 Å². The van der Waals surface area contributed by atoms with E-state index < -0.39 is 0 Å². The average molecular weight is 314 g/mol. The van der Waals surface area contributed by atoms with Crippen LogP contribution < -0.4 is 10.6 Å². The Morgan fingerprint density at radius 3 is 1.92 bits per heavy atom. The van der Waals surface area contributed by atoms with Crippen molar-refractivity contribution in [3.63, 3.8) is 0 Å². The van der Waals surface area contributed by atoms with Crippen molar-refractivity contribution >= 4 is 11.5 Å². The standard InChI is InChI=1S/C20H18N4/c21-12-18-11-19(22)20(23-13-18)24(14-16-7-3-1-4-8-16)15-17-9-5-2-6-10-17/h1-11,13H,14-15,22H2. The fourth-order valence-corrected chi connectivity index (χ4v) is 2.61. The minimum Gasteiger partial charge on any atom is -0.396 e. The van der Waals surface area contributed by atoms with Crippen LogP contribution in [0.2, 0.25) is 0 Å². The molecule has 0 spiro atoms. The van der Waals surface area contributed by atoms with Crippen LogP contribution in [-0.2, 0) is 13.1 Å². The van der Waals surface area contributed by atoms with E-state index in [2.05, 4.69) is 40.2 Å². The number of benzene rings is 2. The SMILES string of the molecule is N#Cc1cnc(N(Cc2ccccc2)Cc2ccccc2)c(N)c1. The summed E-state index contributed by atoms with van der Waals surface area (Å²) in [5.74, 6) is 0.696. The Kier molecular flexibility index (Phi) is 4.73. The quantitative estimate of drug-likeness (QED) is 0.779. The molecular weight excluding hydrogens is 296 g/mol. The van der Waals surface area contributed by atoms with E-state index in [9.17, 15) is 0 Å². The second-order valence-electron chi connectivity index (χ2n) is 5.58. The van der Waals surface area contributed by atoms with Crippen LogP contribution in [0, 0.1) is 11.3 Å². The molecule has 0 aliphatic heterocycles. The molecule has 24 heavy (non-hydrogen) atoms. The highest BCUT2D eigenvalue weighted by Gasteiger charge is 2.13. The summed E-state index contributed by atoms with van der Waals surface area (Å²) >= 11 is 0. The summed E-state index contributed by atoms with van der Waals surface area (Å²) in [5, 5.41) is 9.00. The first-order valence-corrected chi connectivity index (χ1v) is 7.74. The van der Waals surface area contributed by atoms with Crippen molar-refractivity contribution in [2.45, 2.75) is 13.1 Å². The fourth-order valence-electron chi connectivity index (χ4n) is 2.61. The van der Waals surface area contributed by atoms with Crippen molar-refractivity contribution in [2.75, 3.05) is 10.6 Å². The Bertz CT molecular complexity index is 797. The second kappa shape index (κ2) is 7.30. The fraction of sp³-hybridized carbons (Fsp3) is 0.100. The minimum atomic E-state index is 0.468. The van der Waals surface area contributed by atoms with Crippen LogP contribution in [0.25, 0.3) is 0 Å². The van der Waals surface area contributed by atoms with Gasteiger partial charge < -0.3 is 10.6 Å². The predicted octanol–water partition coefficient (Wildman–Crippen LogP) is 3.74. The van der Waals surface area contributed by atoms with Crippen molar-refractivity contribution in [2.24, 2.45) is 0 Å². The molecule has 0 aliphatic rings. The van der Waals surface area contributed by atoms with Crippen LogP contribution in [0.3, 0.4) is 0 Å². The van der Waals surface area contributed by atoms with Gasteiger partial charge in [0.15, 0.2) is 5.82 Å². The molecule has 0 aliphatic carbocycles. The first-order valence-electron chi connectivity index (χ1n) is 7.74. The van der Waals surface area contributed by atoms with Crippen LogP contribution in [0.1, 0.15) is 16.7 Å². The molecule has 0 saturated heterocycles. The van der Waals surface area contributed by atoms with Crippen LogP contribution >= 0.6 is 0 Å². The molecule has 118 valence electrons. The number of nitrogens with two attached hydrogens (primary N) is 1. The summed E-state index contributed by atoms with van der Waals surface area (Å²) in [4.78, 5) is 6.55. The molecule has 2 aromatic carbocycles. The molecule has 0 unspecified atom stereocenters. The second-order valence-corrected chi connectivity index (χ2v) is 5.58. The van der Waals surface area contributed by atoms with E-state index in [-0.39, 0.29) is 0 Å². The zero-order chi connectivity index (χ0) is 16.8. The Hall–Kier alpha value is -3.32. The van der Waals surface area contributed by atoms with E-state index in [0.29, 0.717) is 30.2 Å². The van der Waals surface area contributed by atoms with Crippen molar-refractivity contribution in [1.82, 2.24) is 4.98 Å². The van der Waals surface area contributed by atoms with Gasteiger partial charge in [-0.2, -0.15) is 5.26 Å². The van der Waals surface area contributed by atoms with E-state index in [1.807, 2.05) is 36.4 Å². The van der Waals surface area contributed by atoms with E-state index >= 15 is 0 Å². The summed E-state index contributed by atoms with van der Waals surface area (Å²) in [5.41, 5.74) is 9.49. The smallest absolute Gasteiger partial charge is 0.152 e. The van der Waals surface area contributed by atoms with Gasteiger partial charge in [0, 0.05) is 19.3 Å². The maximum atomic E-state index is 9.00. The van der Waals surface area contributed by atoms with Gasteiger partial charge in [0.05, 0.1) is 11.3 Å². The molecule has 2 N–H and O–H groups in total. The first kappa shape index (κ1) is 15.6. The van der Waals surface area contributed by atoms with Gasteiger partial charge in [0.2, 0.25) is 0 Å². The van der Waals surface area contributed by atoms with Crippen molar-refractivity contribution in [3.05, 3.63) is 89.6 Å². The number of rotatable bonds is 5. The Morgan fingerprint density at radius 2 is 1.46 bits per heavy atom. The Balaban J connectivity index is 1.93. The monoisotopic (exact) mass is 314 g/mol. The lowest BCUT2D eigenvalue weighted by molar-refractivity contribution is 0.785. The van der Waals surface area contributed by atoms with Gasteiger partial charge in [0.1, 0.15) is 6.07 Å². The maximum Gasteiger partial charge on any atom is 0.152 e. The van der Waals surface area contributed by atoms with E-state index in [1.54, 1.807) is 12.3 Å². The molecule has 0 saturated carbocycles. The topological polar surface area (TPSA) is 65.9 Å². The van der Waals surface area contributed by atoms with Gasteiger partial charge in [-0.25, -0.2) is 4.98 Å². The average Bonchev–Trinajstić information content (AvgIpc) is 2.63. The number of nitrogen functional groups attached to an aromatic ring is 1. The zero-order valence-electron chi connectivity index (χ0n) is 13.3. The molecular formula is C20H18N4. The number of anilines is 2. The molecule has 0 amide bonds. The molecule has 1 aromatic heterocycles. The normalized spacial score (nSPS) is 10.1. The van der Waals surface area contributed by atoms with Crippen molar-refractivity contribution in [3.8, 4) is 6.07 Å². The summed E-state index contributed by atoms with van der Waals surface area (Å²) in [7, 11) is 0. The third-order valence-corrected chi connectivity index (χ3v) is 3.76. The Labute approximate surface area is 141 Å². The summed E-state index contributed by atoms with van der Waals surface area (Å²) in [6.45, 7) is 1.39. The van der Waals surface area contributed by atoms with Crippen LogP contribution in [-0.4, -0.2) is 4.98 Å². The number of hydrogen-bond donors (Lipinski definition) is 1. The largest absolute Gasteiger partial charge is 0.396 e. The molecule has 4 heteroatoms. The summed E-state index contributed by atoms with van der Waals surface area (Å²) in [6.07, 6.45) is 1.56. The van der Waals surface area contributed by atoms with Gasteiger partial charge in [-0.05, 0) is 17.2 Å². The van der Waals surface area contributed by atoms with Crippen LogP contribution in [0.15, 0.2) is 72.9 Å². The molecule has 0 bridgehead atoms. The lowest BCUT2D eigenvalue weighted by atomic mass is 10.1. The third-order valence-electron chi connectivity index (χ3n) is 3.76. The Morgan fingerprint density at radius 1 is 0.917 bits per heavy atom. The molecule has 0 atom stereocenters. The van der Waals surface area contributed by atoms with Gasteiger partial charge in [-0.1, -0.05) is 60.7 Å². The first-order chi connectivity index (χ1) is 11.8. The van der Waals surface area contributed by atoms with Crippen molar-refractivity contribution in [1.29, 1.82) is 5.26 Å². The molecule has 1 heterocycles. The van der Waals surface area contributed by atoms with E-state index in [0.717, 1.165) is 0 Å². The number of pyridine rings is 1. The minimum absolute atomic E-state index is 0.468. The van der Waals surface area contributed by atoms with Gasteiger partial charge in [-0.15, -0.1) is 0 Å². The van der Waals surface area contributed by atoms with Crippen LogP contribution in [0.5, 0.6) is 0 Å². The number of nitrogens with zero attached hydrogens (tertiary/aromatic N) is 3. The highest BCUT2D eigenvalue weighted by Crippen LogP contribution is 2.25. The molecule has 4 nitrogen and oxygen atoms in total. The molecule has 0 radical (unpaired) electrons. The molecule has 3 aromatic rings. The van der Waals surface area contributed by atoms with Gasteiger partial charge in [-0.3, -0.25) is 0 Å². The summed E-state index contributed by atoms with van der Waals surface area (Å²) in [6, 6.07) is 24.1. The van der Waals surface area contributed by atoms with Gasteiger partial charge >= 0.3 is 0 Å². The van der Waals surface area contributed by atoms with E-state index in [1.165, 1.54) is 11.1 Å². The molecule has 0 fully saturated rings. The lowest BCUT2D eigenvalue weighted by Crippen LogP contribution is -2.24. The predicted molar refractivity (Wildman–Crippen MR) is 96.1 cm³/mol. The van der Waals surface area contributed by atoms with Crippen LogP contribution in [0.4, 0.5) is 11.5 Å². The van der Waals surface area contributed by atoms with Crippen molar-refractivity contribution < 1.29 is 0 Å². The highest BCUT2D eigenvalue weighted by atomic mass is 15.2. The number of nitriles is 1.